The Hall–Kier alpha value is -3.19. The molecule has 0 radical (unpaired) electrons. The first-order valence-electron chi connectivity index (χ1n) is 11.3. The molecule has 6 rings (SSSR count). The zero-order valence-corrected chi connectivity index (χ0v) is 18.4. The van der Waals surface area contributed by atoms with E-state index >= 15 is 0 Å². The largest absolute Gasteiger partial charge is 0.480 e. The highest BCUT2D eigenvalue weighted by atomic mass is 16.5. The summed E-state index contributed by atoms with van der Waals surface area (Å²) in [6.07, 6.45) is 4.44. The lowest BCUT2D eigenvalue weighted by Crippen LogP contribution is -2.56. The van der Waals surface area contributed by atoms with E-state index in [-0.39, 0.29) is 0 Å². The summed E-state index contributed by atoms with van der Waals surface area (Å²) in [5.74, 6) is 3.07. The Kier molecular flexibility index (Phi) is 4.72. The maximum Gasteiger partial charge on any atom is 0.233 e. The highest BCUT2D eigenvalue weighted by Crippen LogP contribution is 2.40. The van der Waals surface area contributed by atoms with Crippen LogP contribution in [0.4, 0.5) is 5.82 Å². The molecule has 4 heterocycles. The Bertz CT molecular complexity index is 1160. The molecule has 1 saturated carbocycles. The minimum absolute atomic E-state index is 0.466. The van der Waals surface area contributed by atoms with Crippen molar-refractivity contribution in [2.45, 2.75) is 38.5 Å². The molecule has 1 aliphatic carbocycles. The maximum atomic E-state index is 6.12. The number of nitrogens with one attached hydrogen (secondary N) is 1. The van der Waals surface area contributed by atoms with E-state index in [4.69, 9.17) is 14.5 Å². The molecule has 0 spiro atoms. The van der Waals surface area contributed by atoms with Crippen molar-refractivity contribution in [3.05, 3.63) is 48.2 Å². The number of rotatable bonds is 4. The van der Waals surface area contributed by atoms with E-state index in [2.05, 4.69) is 57.7 Å². The van der Waals surface area contributed by atoms with Gasteiger partial charge in [-0.15, -0.1) is 5.10 Å². The van der Waals surface area contributed by atoms with Crippen LogP contribution >= 0.6 is 0 Å². The van der Waals surface area contributed by atoms with Gasteiger partial charge in [-0.05, 0) is 60.6 Å². The highest BCUT2D eigenvalue weighted by Gasteiger charge is 2.36. The molecular weight excluding hydrogens is 402 g/mol. The Labute approximate surface area is 187 Å². The fourth-order valence-electron chi connectivity index (χ4n) is 4.91. The van der Waals surface area contributed by atoms with Gasteiger partial charge in [0, 0.05) is 42.4 Å². The fourth-order valence-corrected chi connectivity index (χ4v) is 4.91. The zero-order chi connectivity index (χ0) is 21.7. The van der Waals surface area contributed by atoms with Gasteiger partial charge in [-0.1, -0.05) is 12.1 Å². The van der Waals surface area contributed by atoms with Gasteiger partial charge in [0.1, 0.15) is 12.4 Å². The minimum atomic E-state index is 0.466. The second-order valence-electron chi connectivity index (χ2n) is 9.09. The van der Waals surface area contributed by atoms with E-state index in [0.29, 0.717) is 24.6 Å². The molecule has 3 aromatic rings. The first-order valence-corrected chi connectivity index (χ1v) is 11.3. The molecule has 32 heavy (non-hydrogen) atoms. The van der Waals surface area contributed by atoms with Crippen LogP contribution in [0.15, 0.2) is 42.6 Å². The van der Waals surface area contributed by atoms with Gasteiger partial charge in [0.25, 0.3) is 0 Å². The SMILES string of the molecule is COc1cc(-c2ccc3c(c2)COc2nc(N4C[C@@H](C5CC5)N[C@@H](C)C4)ccc2-3)cnn1. The lowest BCUT2D eigenvalue weighted by molar-refractivity contribution is 0.289. The second kappa shape index (κ2) is 7.74. The molecule has 3 aliphatic rings. The van der Waals surface area contributed by atoms with Crippen molar-refractivity contribution < 1.29 is 9.47 Å². The summed E-state index contributed by atoms with van der Waals surface area (Å²) in [5, 5.41) is 11.8. The van der Waals surface area contributed by atoms with Gasteiger partial charge in [-0.25, -0.2) is 0 Å². The van der Waals surface area contributed by atoms with Gasteiger partial charge in [0.2, 0.25) is 11.8 Å². The topological polar surface area (TPSA) is 72.4 Å². The van der Waals surface area contributed by atoms with Crippen LogP contribution in [0.3, 0.4) is 0 Å². The summed E-state index contributed by atoms with van der Waals surface area (Å²) in [4.78, 5) is 7.34. The Morgan fingerprint density at radius 2 is 1.94 bits per heavy atom. The molecule has 2 atom stereocenters. The van der Waals surface area contributed by atoms with Crippen molar-refractivity contribution in [3.8, 4) is 34.0 Å². The first kappa shape index (κ1) is 19.5. The number of ether oxygens (including phenoxy) is 2. The molecule has 164 valence electrons. The monoisotopic (exact) mass is 429 g/mol. The van der Waals surface area contributed by atoms with E-state index in [1.165, 1.54) is 18.4 Å². The molecule has 2 aliphatic heterocycles. The summed E-state index contributed by atoms with van der Waals surface area (Å²) in [7, 11) is 1.60. The molecule has 1 aromatic carbocycles. The van der Waals surface area contributed by atoms with Gasteiger partial charge in [-0.2, -0.15) is 10.1 Å². The molecule has 0 unspecified atom stereocenters. The quantitative estimate of drug-likeness (QED) is 0.678. The van der Waals surface area contributed by atoms with Gasteiger partial charge in [-0.3, -0.25) is 0 Å². The van der Waals surface area contributed by atoms with E-state index in [9.17, 15) is 0 Å². The van der Waals surface area contributed by atoms with Crippen LogP contribution in [0.25, 0.3) is 22.3 Å². The molecule has 0 amide bonds. The van der Waals surface area contributed by atoms with Crippen molar-refractivity contribution in [1.82, 2.24) is 20.5 Å². The van der Waals surface area contributed by atoms with Gasteiger partial charge in [0.15, 0.2) is 0 Å². The molecule has 0 bridgehead atoms. The number of nitrogens with zero attached hydrogens (tertiary/aromatic N) is 4. The molecule has 1 N–H and O–H groups in total. The van der Waals surface area contributed by atoms with Crippen LogP contribution in [0.2, 0.25) is 0 Å². The van der Waals surface area contributed by atoms with Crippen LogP contribution < -0.4 is 19.7 Å². The van der Waals surface area contributed by atoms with Crippen LogP contribution in [-0.4, -0.2) is 47.5 Å². The Morgan fingerprint density at radius 3 is 2.78 bits per heavy atom. The smallest absolute Gasteiger partial charge is 0.233 e. The van der Waals surface area contributed by atoms with Crippen LogP contribution in [0, 0.1) is 5.92 Å². The van der Waals surface area contributed by atoms with E-state index in [1.54, 1.807) is 13.3 Å². The van der Waals surface area contributed by atoms with Crippen LogP contribution in [0.1, 0.15) is 25.3 Å². The molecular formula is C25H27N5O2. The van der Waals surface area contributed by atoms with Crippen molar-refractivity contribution in [3.63, 3.8) is 0 Å². The van der Waals surface area contributed by atoms with E-state index in [1.807, 2.05) is 6.07 Å². The molecule has 1 saturated heterocycles. The zero-order valence-electron chi connectivity index (χ0n) is 18.4. The summed E-state index contributed by atoms with van der Waals surface area (Å²) in [5.41, 5.74) is 5.40. The molecule has 7 nitrogen and oxygen atoms in total. The molecule has 7 heteroatoms. The van der Waals surface area contributed by atoms with Crippen LogP contribution in [-0.2, 0) is 6.61 Å². The third kappa shape index (κ3) is 3.56. The highest BCUT2D eigenvalue weighted by molar-refractivity contribution is 5.78. The number of benzene rings is 1. The standard InChI is InChI=1S/C25H27N5O2/c1-15-12-30(13-22(27-15)16-3-4-16)23-8-7-21-20-6-5-17(9-19(20)14-32-25(21)28-23)18-10-24(31-2)29-26-11-18/h5-11,15-16,22,27H,3-4,12-14H2,1-2H3/t15-,22-/m0/s1. The lowest BCUT2D eigenvalue weighted by atomic mass is 9.95. The lowest BCUT2D eigenvalue weighted by Gasteiger charge is -2.39. The number of anilines is 1. The van der Waals surface area contributed by atoms with Gasteiger partial charge < -0.3 is 19.7 Å². The number of fused-ring (bicyclic) bond motifs is 3. The van der Waals surface area contributed by atoms with Crippen molar-refractivity contribution >= 4 is 5.82 Å². The summed E-state index contributed by atoms with van der Waals surface area (Å²) >= 11 is 0. The first-order chi connectivity index (χ1) is 15.7. The summed E-state index contributed by atoms with van der Waals surface area (Å²) in [6.45, 7) is 4.76. The molecule has 2 aromatic heterocycles. The maximum absolute atomic E-state index is 6.12. The van der Waals surface area contributed by atoms with E-state index < -0.39 is 0 Å². The van der Waals surface area contributed by atoms with Crippen molar-refractivity contribution in [1.29, 1.82) is 0 Å². The summed E-state index contributed by atoms with van der Waals surface area (Å²) in [6, 6.07) is 13.6. The second-order valence-corrected chi connectivity index (χ2v) is 9.09. The Morgan fingerprint density at radius 1 is 1.06 bits per heavy atom. The predicted octanol–water partition coefficient (Wildman–Crippen LogP) is 3.68. The number of hydrogen-bond acceptors (Lipinski definition) is 7. The molecule has 2 fully saturated rings. The number of pyridine rings is 1. The van der Waals surface area contributed by atoms with Crippen LogP contribution in [0.5, 0.6) is 11.8 Å². The number of piperazine rings is 1. The predicted molar refractivity (Wildman–Crippen MR) is 123 cm³/mol. The normalized spacial score (nSPS) is 22.0. The third-order valence-electron chi connectivity index (χ3n) is 6.70. The van der Waals surface area contributed by atoms with Gasteiger partial charge in [0.05, 0.1) is 13.3 Å². The Balaban J connectivity index is 1.29. The third-order valence-corrected chi connectivity index (χ3v) is 6.70. The van der Waals surface area contributed by atoms with Crippen molar-refractivity contribution in [2.24, 2.45) is 5.92 Å². The van der Waals surface area contributed by atoms with Crippen molar-refractivity contribution in [2.75, 3.05) is 25.1 Å². The summed E-state index contributed by atoms with van der Waals surface area (Å²) < 4.78 is 11.3. The number of methoxy groups -OCH3 is 1. The van der Waals surface area contributed by atoms with E-state index in [0.717, 1.165) is 53.0 Å². The minimum Gasteiger partial charge on any atom is -0.480 e. The fraction of sp³-hybridized carbons (Fsp3) is 0.400. The number of aromatic nitrogens is 3. The van der Waals surface area contributed by atoms with Gasteiger partial charge >= 0.3 is 0 Å². The number of hydrogen-bond donors (Lipinski definition) is 1. The average Bonchev–Trinajstić information content (AvgIpc) is 3.68. The average molecular weight is 430 g/mol.